The molecule has 0 aromatic carbocycles. The van der Waals surface area contributed by atoms with Crippen LogP contribution in [-0.4, -0.2) is 40.6 Å². The Morgan fingerprint density at radius 1 is 1.45 bits per heavy atom. The number of fused-ring (bicyclic) bond motifs is 1. The van der Waals surface area contributed by atoms with Crippen molar-refractivity contribution in [2.45, 2.75) is 26.1 Å². The molecule has 0 radical (unpaired) electrons. The number of aliphatic hydroxyl groups is 1. The maximum atomic E-state index is 12.7. The minimum atomic E-state index is -4.51. The molecule has 4 nitrogen and oxygen atoms in total. The second-order valence-corrected chi connectivity index (χ2v) is 6.14. The largest absolute Gasteiger partial charge is 0.433 e. The van der Waals surface area contributed by atoms with Crippen LogP contribution in [0, 0.1) is 6.92 Å². The van der Waals surface area contributed by atoms with Crippen LogP contribution in [0.4, 0.5) is 13.2 Å². The van der Waals surface area contributed by atoms with E-state index in [2.05, 4.69) is 4.98 Å². The highest BCUT2D eigenvalue weighted by molar-refractivity contribution is 7.20. The van der Waals surface area contributed by atoms with E-state index in [9.17, 15) is 23.1 Å². The van der Waals surface area contributed by atoms with E-state index < -0.39 is 18.0 Å². The van der Waals surface area contributed by atoms with Gasteiger partial charge in [0.05, 0.1) is 11.0 Å². The van der Waals surface area contributed by atoms with Gasteiger partial charge in [0, 0.05) is 19.0 Å². The molecule has 2 aromatic rings. The summed E-state index contributed by atoms with van der Waals surface area (Å²) in [7, 11) is 1.54. The van der Waals surface area contributed by atoms with Crippen LogP contribution in [-0.2, 0) is 6.18 Å². The summed E-state index contributed by atoms with van der Waals surface area (Å²) in [6.07, 6.45) is -5.20. The van der Waals surface area contributed by atoms with Crippen molar-refractivity contribution in [3.63, 3.8) is 0 Å². The van der Waals surface area contributed by atoms with Gasteiger partial charge in [-0.05, 0) is 31.5 Å². The van der Waals surface area contributed by atoms with Gasteiger partial charge in [-0.25, -0.2) is 4.98 Å². The van der Waals surface area contributed by atoms with Crippen molar-refractivity contribution in [3.8, 4) is 0 Å². The van der Waals surface area contributed by atoms with Gasteiger partial charge in [0.25, 0.3) is 5.91 Å². The van der Waals surface area contributed by atoms with E-state index in [1.54, 1.807) is 13.8 Å². The van der Waals surface area contributed by atoms with Crippen LogP contribution >= 0.6 is 11.3 Å². The number of likely N-dealkylation sites (N-methyl/N-ethyl adjacent to an activating group) is 1. The molecular formula is C14H15F3N2O2S. The molecule has 0 saturated carbocycles. The lowest BCUT2D eigenvalue weighted by atomic mass is 10.1. The van der Waals surface area contributed by atoms with E-state index >= 15 is 0 Å². The lowest BCUT2D eigenvalue weighted by Gasteiger charge is -2.18. The number of aliphatic hydroxyl groups excluding tert-OH is 1. The van der Waals surface area contributed by atoms with Crippen LogP contribution in [0.1, 0.15) is 27.9 Å². The van der Waals surface area contributed by atoms with Gasteiger partial charge in [-0.15, -0.1) is 11.3 Å². The molecule has 120 valence electrons. The third-order valence-electron chi connectivity index (χ3n) is 3.17. The number of alkyl halides is 3. The Labute approximate surface area is 129 Å². The molecule has 0 spiro atoms. The molecule has 0 saturated heterocycles. The number of pyridine rings is 1. The molecule has 0 fully saturated rings. The van der Waals surface area contributed by atoms with Crippen LogP contribution in [0.25, 0.3) is 10.2 Å². The van der Waals surface area contributed by atoms with E-state index in [0.717, 1.165) is 17.4 Å². The van der Waals surface area contributed by atoms with Crippen molar-refractivity contribution >= 4 is 27.5 Å². The zero-order valence-corrected chi connectivity index (χ0v) is 13.0. The Morgan fingerprint density at radius 2 is 2.09 bits per heavy atom. The summed E-state index contributed by atoms with van der Waals surface area (Å²) < 4.78 is 38.1. The molecule has 0 aliphatic heterocycles. The van der Waals surface area contributed by atoms with Crippen molar-refractivity contribution < 1.29 is 23.1 Å². The lowest BCUT2D eigenvalue weighted by Crippen LogP contribution is -2.32. The summed E-state index contributed by atoms with van der Waals surface area (Å²) >= 11 is 0.934. The topological polar surface area (TPSA) is 53.4 Å². The van der Waals surface area contributed by atoms with Gasteiger partial charge in [0.15, 0.2) is 0 Å². The van der Waals surface area contributed by atoms with Gasteiger partial charge in [0.1, 0.15) is 10.5 Å². The molecule has 22 heavy (non-hydrogen) atoms. The van der Waals surface area contributed by atoms with Crippen LogP contribution in [0.2, 0.25) is 0 Å². The molecule has 2 aromatic heterocycles. The molecule has 0 aliphatic carbocycles. The van der Waals surface area contributed by atoms with Gasteiger partial charge >= 0.3 is 6.18 Å². The molecule has 0 bridgehead atoms. The van der Waals surface area contributed by atoms with E-state index in [1.165, 1.54) is 18.0 Å². The maximum Gasteiger partial charge on any atom is 0.433 e. The highest BCUT2D eigenvalue weighted by Gasteiger charge is 2.33. The first-order chi connectivity index (χ1) is 10.1. The van der Waals surface area contributed by atoms with Crippen molar-refractivity contribution in [2.75, 3.05) is 13.6 Å². The summed E-state index contributed by atoms with van der Waals surface area (Å²) in [6.45, 7) is 3.38. The highest BCUT2D eigenvalue weighted by atomic mass is 32.1. The van der Waals surface area contributed by atoms with Gasteiger partial charge in [0.2, 0.25) is 0 Å². The number of rotatable bonds is 3. The van der Waals surface area contributed by atoms with Crippen molar-refractivity contribution in [3.05, 3.63) is 28.3 Å². The number of carbonyl (C=O) groups excluding carboxylic acids is 1. The fraction of sp³-hybridized carbons (Fsp3) is 0.429. The van der Waals surface area contributed by atoms with Crippen LogP contribution < -0.4 is 0 Å². The third kappa shape index (κ3) is 3.22. The summed E-state index contributed by atoms with van der Waals surface area (Å²) in [6, 6.07) is 2.25. The summed E-state index contributed by atoms with van der Waals surface area (Å²) in [5.74, 6) is -0.338. The predicted molar refractivity (Wildman–Crippen MR) is 78.0 cm³/mol. The van der Waals surface area contributed by atoms with E-state index in [1.807, 2.05) is 0 Å². The zero-order chi connectivity index (χ0) is 16.7. The fourth-order valence-electron chi connectivity index (χ4n) is 2.11. The molecule has 2 heterocycles. The smallest absolute Gasteiger partial charge is 0.392 e. The second kappa shape index (κ2) is 5.85. The Kier molecular flexibility index (Phi) is 4.44. The minimum Gasteiger partial charge on any atom is -0.392 e. The highest BCUT2D eigenvalue weighted by Crippen LogP contribution is 2.34. The number of thiophene rings is 1. The van der Waals surface area contributed by atoms with Crippen molar-refractivity contribution in [1.29, 1.82) is 0 Å². The monoisotopic (exact) mass is 332 g/mol. The van der Waals surface area contributed by atoms with Crippen molar-refractivity contribution in [1.82, 2.24) is 9.88 Å². The number of hydrogen-bond donors (Lipinski definition) is 1. The fourth-order valence-corrected chi connectivity index (χ4v) is 3.29. The number of carbonyl (C=O) groups is 1. The quantitative estimate of drug-likeness (QED) is 0.940. The van der Waals surface area contributed by atoms with Gasteiger partial charge in [-0.1, -0.05) is 0 Å². The number of nitrogens with zero attached hydrogens (tertiary/aromatic N) is 2. The average molecular weight is 332 g/mol. The Balaban J connectivity index is 2.44. The average Bonchev–Trinajstić information content (AvgIpc) is 2.73. The van der Waals surface area contributed by atoms with E-state index in [0.29, 0.717) is 15.8 Å². The summed E-state index contributed by atoms with van der Waals surface area (Å²) in [5.41, 5.74) is -0.374. The predicted octanol–water partition coefficient (Wildman–Crippen LogP) is 3.08. The van der Waals surface area contributed by atoms with Crippen LogP contribution in [0.15, 0.2) is 12.1 Å². The first-order valence-corrected chi connectivity index (χ1v) is 7.33. The third-order valence-corrected chi connectivity index (χ3v) is 4.36. The molecule has 1 amide bonds. The number of aromatic nitrogens is 1. The van der Waals surface area contributed by atoms with Crippen molar-refractivity contribution in [2.24, 2.45) is 0 Å². The second-order valence-electron chi connectivity index (χ2n) is 5.14. The molecule has 8 heteroatoms. The Morgan fingerprint density at radius 3 is 2.64 bits per heavy atom. The normalized spacial score (nSPS) is 13.4. The van der Waals surface area contributed by atoms with Gasteiger partial charge in [-0.2, -0.15) is 13.2 Å². The molecule has 1 N–H and O–H groups in total. The molecular weight excluding hydrogens is 317 g/mol. The SMILES string of the molecule is Cc1c(C(=O)N(C)C[C@H](C)O)sc2nc(C(F)(F)F)ccc12. The first kappa shape index (κ1) is 16.7. The standard InChI is InChI=1S/C14H15F3N2O2S/c1-7(20)6-19(3)13(21)11-8(2)9-4-5-10(14(15,16)17)18-12(9)22-11/h4-5,7,20H,6H2,1-3H3/t7-/m0/s1. The molecule has 2 rings (SSSR count). The van der Waals surface area contributed by atoms with Gasteiger partial charge < -0.3 is 10.0 Å². The van der Waals surface area contributed by atoms with Gasteiger partial charge in [-0.3, -0.25) is 4.79 Å². The summed E-state index contributed by atoms with van der Waals surface area (Å²) in [4.78, 5) is 17.8. The number of aryl methyl sites for hydroxylation is 1. The zero-order valence-electron chi connectivity index (χ0n) is 12.2. The van der Waals surface area contributed by atoms with Crippen LogP contribution in [0.3, 0.4) is 0 Å². The summed E-state index contributed by atoms with van der Waals surface area (Å²) in [5, 5.41) is 9.86. The van der Waals surface area contributed by atoms with Crippen LogP contribution in [0.5, 0.6) is 0 Å². The number of hydrogen-bond acceptors (Lipinski definition) is 4. The molecule has 0 aliphatic rings. The Bertz CT molecular complexity index is 710. The maximum absolute atomic E-state index is 12.7. The van der Waals surface area contributed by atoms with E-state index in [4.69, 9.17) is 0 Å². The molecule has 1 atom stereocenters. The lowest BCUT2D eigenvalue weighted by molar-refractivity contribution is -0.140. The Hall–Kier alpha value is -1.67. The number of amides is 1. The minimum absolute atomic E-state index is 0.147. The molecule has 0 unspecified atom stereocenters. The van der Waals surface area contributed by atoms with E-state index in [-0.39, 0.29) is 17.3 Å². The number of halogens is 3. The first-order valence-electron chi connectivity index (χ1n) is 6.52.